The SMILES string of the molecule is CC(NC(=O)C(Cc1c[nH]c2ccccc12)NC(=O)CNC(=O)C(N)CC(N)=O)C(=O)O. The van der Waals surface area contributed by atoms with Crippen molar-refractivity contribution in [3.05, 3.63) is 36.0 Å². The van der Waals surface area contributed by atoms with Gasteiger partial charge in [0.2, 0.25) is 23.6 Å². The van der Waals surface area contributed by atoms with E-state index >= 15 is 0 Å². The van der Waals surface area contributed by atoms with Crippen LogP contribution in [0, 0.1) is 0 Å². The zero-order valence-electron chi connectivity index (χ0n) is 17.4. The molecule has 1 aromatic carbocycles. The molecule has 12 nitrogen and oxygen atoms in total. The van der Waals surface area contributed by atoms with Gasteiger partial charge in [0, 0.05) is 23.5 Å². The Morgan fingerprint density at radius 2 is 1.78 bits per heavy atom. The molecule has 172 valence electrons. The molecule has 0 aliphatic rings. The highest BCUT2D eigenvalue weighted by Crippen LogP contribution is 2.19. The smallest absolute Gasteiger partial charge is 0.325 e. The van der Waals surface area contributed by atoms with Crippen LogP contribution in [0.15, 0.2) is 30.5 Å². The molecule has 0 radical (unpaired) electrons. The Morgan fingerprint density at radius 3 is 2.44 bits per heavy atom. The number of nitrogens with one attached hydrogen (secondary N) is 4. The molecule has 0 saturated carbocycles. The first-order valence-corrected chi connectivity index (χ1v) is 9.77. The monoisotopic (exact) mass is 446 g/mol. The molecule has 12 heteroatoms. The van der Waals surface area contributed by atoms with Crippen LogP contribution < -0.4 is 27.4 Å². The summed E-state index contributed by atoms with van der Waals surface area (Å²) >= 11 is 0. The summed E-state index contributed by atoms with van der Waals surface area (Å²) in [5.74, 6) is -4.15. The van der Waals surface area contributed by atoms with Crippen molar-refractivity contribution in [1.82, 2.24) is 20.9 Å². The van der Waals surface area contributed by atoms with Gasteiger partial charge in [-0.15, -0.1) is 0 Å². The summed E-state index contributed by atoms with van der Waals surface area (Å²) < 4.78 is 0. The van der Waals surface area contributed by atoms with Crippen LogP contribution >= 0.6 is 0 Å². The number of fused-ring (bicyclic) bond motifs is 1. The molecule has 1 heterocycles. The lowest BCUT2D eigenvalue weighted by Gasteiger charge is -2.20. The topological polar surface area (TPSA) is 210 Å². The lowest BCUT2D eigenvalue weighted by Crippen LogP contribution is -2.54. The molecular weight excluding hydrogens is 420 g/mol. The van der Waals surface area contributed by atoms with Crippen molar-refractivity contribution < 1.29 is 29.1 Å². The van der Waals surface area contributed by atoms with Crippen molar-refractivity contribution in [2.45, 2.75) is 37.9 Å². The van der Waals surface area contributed by atoms with Crippen molar-refractivity contribution >= 4 is 40.5 Å². The Labute approximate surface area is 183 Å². The molecule has 2 rings (SSSR count). The van der Waals surface area contributed by atoms with Crippen LogP contribution in [0.5, 0.6) is 0 Å². The molecule has 0 spiro atoms. The molecular formula is C20H26N6O6. The van der Waals surface area contributed by atoms with Crippen molar-refractivity contribution in [2.75, 3.05) is 6.54 Å². The molecule has 9 N–H and O–H groups in total. The molecule has 0 saturated heterocycles. The van der Waals surface area contributed by atoms with Crippen LogP contribution in [-0.4, -0.2) is 64.4 Å². The van der Waals surface area contributed by atoms with E-state index in [1.54, 1.807) is 6.20 Å². The first-order valence-electron chi connectivity index (χ1n) is 9.77. The molecule has 3 unspecified atom stereocenters. The number of hydrogen-bond acceptors (Lipinski definition) is 6. The van der Waals surface area contributed by atoms with E-state index in [1.165, 1.54) is 6.92 Å². The number of hydrogen-bond donors (Lipinski definition) is 7. The lowest BCUT2D eigenvalue weighted by atomic mass is 10.0. The third kappa shape index (κ3) is 6.80. The largest absolute Gasteiger partial charge is 0.480 e. The zero-order valence-corrected chi connectivity index (χ0v) is 17.4. The summed E-state index contributed by atoms with van der Waals surface area (Å²) in [6.45, 7) is 0.794. The van der Waals surface area contributed by atoms with Crippen LogP contribution in [0.3, 0.4) is 0 Å². The molecule has 32 heavy (non-hydrogen) atoms. The van der Waals surface area contributed by atoms with Crippen LogP contribution in [0.2, 0.25) is 0 Å². The number of aromatic nitrogens is 1. The van der Waals surface area contributed by atoms with Crippen LogP contribution in [0.4, 0.5) is 0 Å². The number of carboxylic acids is 1. The van der Waals surface area contributed by atoms with Gasteiger partial charge >= 0.3 is 5.97 Å². The van der Waals surface area contributed by atoms with Crippen molar-refractivity contribution in [2.24, 2.45) is 11.5 Å². The lowest BCUT2D eigenvalue weighted by molar-refractivity contribution is -0.141. The number of nitrogens with two attached hydrogens (primary N) is 2. The number of rotatable bonds is 11. The van der Waals surface area contributed by atoms with Gasteiger partial charge in [-0.1, -0.05) is 18.2 Å². The molecule has 4 amide bonds. The first kappa shape index (κ1) is 24.3. The van der Waals surface area contributed by atoms with Crippen LogP contribution in [0.25, 0.3) is 10.9 Å². The third-order valence-corrected chi connectivity index (χ3v) is 4.66. The van der Waals surface area contributed by atoms with E-state index in [1.807, 2.05) is 24.3 Å². The average Bonchev–Trinajstić information content (AvgIpc) is 3.13. The van der Waals surface area contributed by atoms with Gasteiger partial charge in [-0.25, -0.2) is 0 Å². The predicted octanol–water partition coefficient (Wildman–Crippen LogP) is -1.90. The van der Waals surface area contributed by atoms with Gasteiger partial charge in [-0.3, -0.25) is 24.0 Å². The number of carbonyl (C=O) groups is 5. The fraction of sp³-hybridized carbons (Fsp3) is 0.350. The van der Waals surface area contributed by atoms with E-state index in [2.05, 4.69) is 20.9 Å². The van der Waals surface area contributed by atoms with Crippen molar-refractivity contribution in [3.8, 4) is 0 Å². The standard InChI is InChI=1S/C20H26N6O6/c1-10(20(31)32)25-19(30)15(6-11-8-23-14-5-3-2-4-12(11)14)26-17(28)9-24-18(29)13(21)7-16(22)27/h2-5,8,10,13,15,23H,6-7,9,21H2,1H3,(H2,22,27)(H,24,29)(H,25,30)(H,26,28)(H,31,32). The Bertz CT molecular complexity index is 1020. The van der Waals surface area contributed by atoms with Crippen LogP contribution in [0.1, 0.15) is 18.9 Å². The minimum atomic E-state index is -1.23. The maximum atomic E-state index is 12.7. The number of carbonyl (C=O) groups excluding carboxylic acids is 4. The highest BCUT2D eigenvalue weighted by Gasteiger charge is 2.26. The van der Waals surface area contributed by atoms with Gasteiger partial charge in [0.25, 0.3) is 0 Å². The zero-order chi connectivity index (χ0) is 23.8. The number of aliphatic carboxylic acids is 1. The summed E-state index contributed by atoms with van der Waals surface area (Å²) in [7, 11) is 0. The summed E-state index contributed by atoms with van der Waals surface area (Å²) in [6, 6.07) is 3.87. The maximum absolute atomic E-state index is 12.7. The van der Waals surface area contributed by atoms with Gasteiger partial charge in [-0.2, -0.15) is 0 Å². The minimum absolute atomic E-state index is 0.0725. The van der Waals surface area contributed by atoms with Crippen LogP contribution in [-0.2, 0) is 30.4 Å². The number of amides is 4. The Balaban J connectivity index is 2.09. The third-order valence-electron chi connectivity index (χ3n) is 4.66. The summed E-state index contributed by atoms with van der Waals surface area (Å²) in [5, 5.41) is 17.0. The van der Waals surface area contributed by atoms with E-state index in [0.29, 0.717) is 0 Å². The van der Waals surface area contributed by atoms with E-state index in [0.717, 1.165) is 16.5 Å². The fourth-order valence-electron chi connectivity index (χ4n) is 2.96. The number of primary amides is 1. The van der Waals surface area contributed by atoms with Crippen molar-refractivity contribution in [1.29, 1.82) is 0 Å². The Kier molecular flexibility index (Phi) is 8.30. The summed E-state index contributed by atoms with van der Waals surface area (Å²) in [5.41, 5.74) is 12.1. The number of para-hydroxylation sites is 1. The Hall–Kier alpha value is -3.93. The molecule has 0 fully saturated rings. The van der Waals surface area contributed by atoms with E-state index < -0.39 is 54.3 Å². The first-order chi connectivity index (χ1) is 15.1. The average molecular weight is 446 g/mol. The van der Waals surface area contributed by atoms with Gasteiger partial charge in [-0.05, 0) is 18.6 Å². The number of H-pyrrole nitrogens is 1. The number of benzene rings is 1. The minimum Gasteiger partial charge on any atom is -0.480 e. The summed E-state index contributed by atoms with van der Waals surface area (Å²) in [4.78, 5) is 61.9. The Morgan fingerprint density at radius 1 is 1.09 bits per heavy atom. The summed E-state index contributed by atoms with van der Waals surface area (Å²) in [6.07, 6.45) is 1.39. The quantitative estimate of drug-likeness (QED) is 0.208. The number of aromatic amines is 1. The normalized spacial score (nSPS) is 13.6. The van der Waals surface area contributed by atoms with E-state index in [9.17, 15) is 24.0 Å². The number of carboxylic acid groups (broad SMARTS) is 1. The maximum Gasteiger partial charge on any atom is 0.325 e. The van der Waals surface area contributed by atoms with Crippen molar-refractivity contribution in [3.63, 3.8) is 0 Å². The van der Waals surface area contributed by atoms with Gasteiger partial charge < -0.3 is 37.5 Å². The fourth-order valence-corrected chi connectivity index (χ4v) is 2.96. The molecule has 3 atom stereocenters. The molecule has 0 aliphatic carbocycles. The molecule has 0 bridgehead atoms. The van der Waals surface area contributed by atoms with Gasteiger partial charge in [0.15, 0.2) is 0 Å². The van der Waals surface area contributed by atoms with Gasteiger partial charge in [0.1, 0.15) is 12.1 Å². The molecule has 2 aromatic rings. The molecule has 0 aliphatic heterocycles. The highest BCUT2D eigenvalue weighted by molar-refractivity contribution is 5.94. The van der Waals surface area contributed by atoms with Gasteiger partial charge in [0.05, 0.1) is 19.0 Å². The second kappa shape index (κ2) is 10.9. The second-order valence-corrected chi connectivity index (χ2v) is 7.25. The van der Waals surface area contributed by atoms with E-state index in [-0.39, 0.29) is 12.8 Å². The predicted molar refractivity (Wildman–Crippen MR) is 114 cm³/mol. The highest BCUT2D eigenvalue weighted by atomic mass is 16.4. The molecule has 1 aromatic heterocycles. The van der Waals surface area contributed by atoms with E-state index in [4.69, 9.17) is 16.6 Å². The second-order valence-electron chi connectivity index (χ2n) is 7.25.